The number of hydrogen-bond donors (Lipinski definition) is 1. The summed E-state index contributed by atoms with van der Waals surface area (Å²) in [7, 11) is 0. The van der Waals surface area contributed by atoms with Crippen molar-refractivity contribution in [3.8, 4) is 0 Å². The molecule has 0 spiro atoms. The Morgan fingerprint density at radius 1 is 1.05 bits per heavy atom. The SMILES string of the molecule is Cc1ccccc1NC(=O)Cc1ccc(C(F)(F)F)cc1. The molecule has 0 saturated carbocycles. The zero-order chi connectivity index (χ0) is 15.5. The fourth-order valence-corrected chi connectivity index (χ4v) is 1.90. The van der Waals surface area contributed by atoms with E-state index in [1.165, 1.54) is 12.1 Å². The Morgan fingerprint density at radius 2 is 1.67 bits per heavy atom. The van der Waals surface area contributed by atoms with Gasteiger partial charge in [-0.1, -0.05) is 30.3 Å². The van der Waals surface area contributed by atoms with E-state index in [1.807, 2.05) is 19.1 Å². The van der Waals surface area contributed by atoms with Gasteiger partial charge in [-0.15, -0.1) is 0 Å². The fourth-order valence-electron chi connectivity index (χ4n) is 1.90. The predicted octanol–water partition coefficient (Wildman–Crippen LogP) is 4.20. The summed E-state index contributed by atoms with van der Waals surface area (Å²) in [5.74, 6) is -0.260. The third-order valence-electron chi connectivity index (χ3n) is 3.07. The molecule has 21 heavy (non-hydrogen) atoms. The molecule has 0 saturated heterocycles. The summed E-state index contributed by atoms with van der Waals surface area (Å²) in [5.41, 5.74) is 1.45. The first-order valence-corrected chi connectivity index (χ1v) is 6.38. The number of carbonyl (C=O) groups excluding carboxylic acids is 1. The Morgan fingerprint density at radius 3 is 2.24 bits per heavy atom. The van der Waals surface area contributed by atoms with E-state index in [0.717, 1.165) is 17.7 Å². The number of amides is 1. The van der Waals surface area contributed by atoms with Crippen molar-refractivity contribution in [1.29, 1.82) is 0 Å². The van der Waals surface area contributed by atoms with E-state index in [9.17, 15) is 18.0 Å². The lowest BCUT2D eigenvalue weighted by Gasteiger charge is -2.09. The first kappa shape index (κ1) is 15.1. The van der Waals surface area contributed by atoms with Crippen LogP contribution in [-0.2, 0) is 17.4 Å². The molecule has 0 fully saturated rings. The quantitative estimate of drug-likeness (QED) is 0.903. The van der Waals surface area contributed by atoms with Crippen molar-refractivity contribution >= 4 is 11.6 Å². The highest BCUT2D eigenvalue weighted by Crippen LogP contribution is 2.29. The van der Waals surface area contributed by atoms with E-state index >= 15 is 0 Å². The van der Waals surface area contributed by atoms with Gasteiger partial charge in [0.25, 0.3) is 0 Å². The first-order chi connectivity index (χ1) is 9.86. The first-order valence-electron chi connectivity index (χ1n) is 6.38. The molecule has 0 aliphatic carbocycles. The summed E-state index contributed by atoms with van der Waals surface area (Å²) >= 11 is 0. The summed E-state index contributed by atoms with van der Waals surface area (Å²) in [4.78, 5) is 11.9. The minimum atomic E-state index is -4.36. The van der Waals surface area contributed by atoms with Gasteiger partial charge in [0.1, 0.15) is 0 Å². The highest BCUT2D eigenvalue weighted by Gasteiger charge is 2.29. The number of para-hydroxylation sites is 1. The maximum atomic E-state index is 12.4. The van der Waals surface area contributed by atoms with E-state index in [-0.39, 0.29) is 12.3 Å². The number of rotatable bonds is 3. The second kappa shape index (κ2) is 5.99. The van der Waals surface area contributed by atoms with Crippen LogP contribution in [0.1, 0.15) is 16.7 Å². The van der Waals surface area contributed by atoms with Gasteiger partial charge in [0, 0.05) is 5.69 Å². The van der Waals surface area contributed by atoms with Gasteiger partial charge in [0.15, 0.2) is 0 Å². The van der Waals surface area contributed by atoms with E-state index in [1.54, 1.807) is 12.1 Å². The van der Waals surface area contributed by atoms with Gasteiger partial charge in [-0.05, 0) is 36.2 Å². The van der Waals surface area contributed by atoms with Crippen molar-refractivity contribution in [2.45, 2.75) is 19.5 Å². The molecular weight excluding hydrogens is 279 g/mol. The molecule has 0 bridgehead atoms. The Kier molecular flexibility index (Phi) is 4.31. The van der Waals surface area contributed by atoms with Crippen LogP contribution in [-0.4, -0.2) is 5.91 Å². The third kappa shape index (κ3) is 4.08. The summed E-state index contributed by atoms with van der Waals surface area (Å²) in [5, 5.41) is 2.74. The van der Waals surface area contributed by atoms with Crippen molar-refractivity contribution in [2.75, 3.05) is 5.32 Å². The highest BCUT2D eigenvalue weighted by atomic mass is 19.4. The summed E-state index contributed by atoms with van der Waals surface area (Å²) < 4.78 is 37.3. The number of aryl methyl sites for hydroxylation is 1. The minimum Gasteiger partial charge on any atom is -0.326 e. The van der Waals surface area contributed by atoms with Crippen LogP contribution in [0.15, 0.2) is 48.5 Å². The smallest absolute Gasteiger partial charge is 0.326 e. The molecule has 1 N–H and O–H groups in total. The Hall–Kier alpha value is -2.30. The van der Waals surface area contributed by atoms with Crippen LogP contribution < -0.4 is 5.32 Å². The third-order valence-corrected chi connectivity index (χ3v) is 3.07. The molecule has 110 valence electrons. The number of alkyl halides is 3. The normalized spacial score (nSPS) is 11.2. The number of hydrogen-bond acceptors (Lipinski definition) is 1. The molecule has 5 heteroatoms. The maximum Gasteiger partial charge on any atom is 0.416 e. The van der Waals surface area contributed by atoms with Gasteiger partial charge in [0.05, 0.1) is 12.0 Å². The molecule has 0 aromatic heterocycles. The van der Waals surface area contributed by atoms with Crippen molar-refractivity contribution in [1.82, 2.24) is 0 Å². The minimum absolute atomic E-state index is 0.0342. The lowest BCUT2D eigenvalue weighted by Crippen LogP contribution is -2.15. The number of nitrogens with one attached hydrogen (secondary N) is 1. The fraction of sp³-hybridized carbons (Fsp3) is 0.188. The van der Waals surface area contributed by atoms with Crippen LogP contribution in [0, 0.1) is 6.92 Å². The van der Waals surface area contributed by atoms with Crippen LogP contribution in [0.25, 0.3) is 0 Å². The monoisotopic (exact) mass is 293 g/mol. The maximum absolute atomic E-state index is 12.4. The molecule has 0 unspecified atom stereocenters. The zero-order valence-electron chi connectivity index (χ0n) is 11.4. The molecule has 0 aliphatic heterocycles. The van der Waals surface area contributed by atoms with Crippen LogP contribution in [0.3, 0.4) is 0 Å². The molecule has 0 aliphatic rings. The van der Waals surface area contributed by atoms with Crippen molar-refractivity contribution in [2.24, 2.45) is 0 Å². The Bertz CT molecular complexity index is 633. The van der Waals surface area contributed by atoms with Gasteiger partial charge in [-0.3, -0.25) is 4.79 Å². The summed E-state index contributed by atoms with van der Waals surface area (Å²) in [6, 6.07) is 11.9. The van der Waals surface area contributed by atoms with Crippen molar-refractivity contribution < 1.29 is 18.0 Å². The Balaban J connectivity index is 2.02. The molecular formula is C16H14F3NO. The van der Waals surface area contributed by atoms with E-state index in [0.29, 0.717) is 11.3 Å². The zero-order valence-corrected chi connectivity index (χ0v) is 11.4. The molecule has 2 rings (SSSR count). The summed E-state index contributed by atoms with van der Waals surface area (Å²) in [6.45, 7) is 1.87. The molecule has 0 atom stereocenters. The predicted molar refractivity (Wildman–Crippen MR) is 75.0 cm³/mol. The van der Waals surface area contributed by atoms with E-state index in [4.69, 9.17) is 0 Å². The number of benzene rings is 2. The standard InChI is InChI=1S/C16H14F3NO/c1-11-4-2-3-5-14(11)20-15(21)10-12-6-8-13(9-7-12)16(17,18)19/h2-9H,10H2,1H3,(H,20,21). The molecule has 2 nitrogen and oxygen atoms in total. The van der Waals surface area contributed by atoms with E-state index in [2.05, 4.69) is 5.32 Å². The van der Waals surface area contributed by atoms with Gasteiger partial charge in [-0.25, -0.2) is 0 Å². The lowest BCUT2D eigenvalue weighted by atomic mass is 10.1. The van der Waals surface area contributed by atoms with Crippen LogP contribution in [0.5, 0.6) is 0 Å². The van der Waals surface area contributed by atoms with Crippen molar-refractivity contribution in [3.05, 3.63) is 65.2 Å². The van der Waals surface area contributed by atoms with E-state index < -0.39 is 11.7 Å². The summed E-state index contributed by atoms with van der Waals surface area (Å²) in [6.07, 6.45) is -4.32. The van der Waals surface area contributed by atoms with Gasteiger partial charge >= 0.3 is 6.18 Å². The number of carbonyl (C=O) groups is 1. The van der Waals surface area contributed by atoms with Gasteiger partial charge in [0.2, 0.25) is 5.91 Å². The molecule has 1 amide bonds. The number of halogens is 3. The van der Waals surface area contributed by atoms with Crippen LogP contribution in [0.2, 0.25) is 0 Å². The molecule has 0 radical (unpaired) electrons. The van der Waals surface area contributed by atoms with Crippen LogP contribution >= 0.6 is 0 Å². The average molecular weight is 293 g/mol. The topological polar surface area (TPSA) is 29.1 Å². The molecule has 2 aromatic carbocycles. The highest BCUT2D eigenvalue weighted by molar-refractivity contribution is 5.92. The average Bonchev–Trinajstić information content (AvgIpc) is 2.41. The second-order valence-electron chi connectivity index (χ2n) is 4.73. The van der Waals surface area contributed by atoms with Crippen LogP contribution in [0.4, 0.5) is 18.9 Å². The second-order valence-corrected chi connectivity index (χ2v) is 4.73. The van der Waals surface area contributed by atoms with Gasteiger partial charge < -0.3 is 5.32 Å². The molecule has 2 aromatic rings. The Labute approximate surface area is 120 Å². The largest absolute Gasteiger partial charge is 0.416 e. The lowest BCUT2D eigenvalue weighted by molar-refractivity contribution is -0.137. The van der Waals surface area contributed by atoms with Gasteiger partial charge in [-0.2, -0.15) is 13.2 Å². The van der Waals surface area contributed by atoms with Crippen molar-refractivity contribution in [3.63, 3.8) is 0 Å². The number of anilines is 1. The molecule has 0 heterocycles.